The Morgan fingerprint density at radius 1 is 1.63 bits per heavy atom. The normalized spacial score (nSPS) is 25.5. The van der Waals surface area contributed by atoms with Crippen molar-refractivity contribution in [2.75, 3.05) is 17.6 Å². The average Bonchev–Trinajstić information content (AvgIpc) is 2.41. The summed E-state index contributed by atoms with van der Waals surface area (Å²) in [5.41, 5.74) is 0.568. The Balaban J connectivity index is 2.03. The number of halogens is 1. The van der Waals surface area contributed by atoms with Crippen molar-refractivity contribution in [3.05, 3.63) is 28.8 Å². The molecule has 19 heavy (non-hydrogen) atoms. The van der Waals surface area contributed by atoms with E-state index in [4.69, 9.17) is 16.9 Å². The highest BCUT2D eigenvalue weighted by Gasteiger charge is 2.44. The van der Waals surface area contributed by atoms with Crippen LogP contribution in [0.3, 0.4) is 0 Å². The maximum absolute atomic E-state index is 10.5. The van der Waals surface area contributed by atoms with E-state index < -0.39 is 5.60 Å². The minimum Gasteiger partial charge on any atom is -0.387 e. The summed E-state index contributed by atoms with van der Waals surface area (Å²) in [5, 5.41) is 23.6. The predicted molar refractivity (Wildman–Crippen MR) is 80.8 cm³/mol. The van der Waals surface area contributed by atoms with Gasteiger partial charge in [0.05, 0.1) is 16.9 Å². The average molecular weight is 297 g/mol. The molecule has 102 valence electrons. The molecule has 3 nitrogen and oxygen atoms in total. The Hall–Kier alpha value is -0.890. The van der Waals surface area contributed by atoms with Crippen LogP contribution in [0.25, 0.3) is 0 Å². The molecule has 2 unspecified atom stereocenters. The molecule has 0 heterocycles. The topological polar surface area (TPSA) is 56.0 Å². The number of benzene rings is 1. The number of hydrogen-bond donors (Lipinski definition) is 2. The Kier molecular flexibility index (Phi) is 4.62. The highest BCUT2D eigenvalue weighted by Crippen LogP contribution is 2.41. The Bertz CT molecular complexity index is 503. The summed E-state index contributed by atoms with van der Waals surface area (Å²) < 4.78 is 0. The quantitative estimate of drug-likeness (QED) is 0.875. The van der Waals surface area contributed by atoms with Gasteiger partial charge in [0.15, 0.2) is 0 Å². The third-order valence-electron chi connectivity index (χ3n) is 3.49. The first-order valence-corrected chi connectivity index (χ1v) is 7.79. The molecule has 0 bridgehead atoms. The number of nitrogens with one attached hydrogen (secondary N) is 1. The van der Waals surface area contributed by atoms with Gasteiger partial charge in [0.25, 0.3) is 0 Å². The first-order chi connectivity index (χ1) is 9.09. The van der Waals surface area contributed by atoms with Crippen LogP contribution in [-0.4, -0.2) is 28.3 Å². The number of rotatable bonds is 5. The number of nitriles is 1. The number of hydrogen-bond acceptors (Lipinski definition) is 4. The number of aliphatic hydroxyl groups is 1. The van der Waals surface area contributed by atoms with E-state index in [9.17, 15) is 5.11 Å². The van der Waals surface area contributed by atoms with E-state index >= 15 is 0 Å². The van der Waals surface area contributed by atoms with Gasteiger partial charge >= 0.3 is 0 Å². The monoisotopic (exact) mass is 296 g/mol. The molecule has 1 aliphatic carbocycles. The van der Waals surface area contributed by atoms with Crippen LogP contribution in [0.5, 0.6) is 0 Å². The lowest BCUT2D eigenvalue weighted by molar-refractivity contribution is -0.0120. The second-order valence-electron chi connectivity index (χ2n) is 4.74. The van der Waals surface area contributed by atoms with Crippen LogP contribution in [0, 0.1) is 11.3 Å². The molecule has 2 rings (SSSR count). The van der Waals surface area contributed by atoms with Gasteiger partial charge in [-0.1, -0.05) is 18.5 Å². The summed E-state index contributed by atoms with van der Waals surface area (Å²) in [5.74, 6) is 1.01. The fourth-order valence-corrected chi connectivity index (χ4v) is 3.62. The standard InChI is InChI=1S/C14H17ClN2OS/c1-2-19-13-5-6-14(13,18)9-17-12-7-11(15)4-3-10(12)8-16/h3-4,7,13,17-18H,2,5-6,9H2,1H3. The zero-order chi connectivity index (χ0) is 13.9. The Morgan fingerprint density at radius 2 is 2.42 bits per heavy atom. The molecule has 0 saturated heterocycles. The molecule has 0 aromatic heterocycles. The van der Waals surface area contributed by atoms with Crippen LogP contribution in [0.4, 0.5) is 5.69 Å². The second-order valence-corrected chi connectivity index (χ2v) is 6.66. The van der Waals surface area contributed by atoms with Gasteiger partial charge in [-0.2, -0.15) is 17.0 Å². The largest absolute Gasteiger partial charge is 0.387 e. The summed E-state index contributed by atoms with van der Waals surface area (Å²) in [6.45, 7) is 2.56. The summed E-state index contributed by atoms with van der Waals surface area (Å²) in [6, 6.07) is 7.23. The van der Waals surface area contributed by atoms with Crippen molar-refractivity contribution < 1.29 is 5.11 Å². The van der Waals surface area contributed by atoms with Crippen molar-refractivity contribution in [2.45, 2.75) is 30.6 Å². The van der Waals surface area contributed by atoms with Crippen LogP contribution in [0.1, 0.15) is 25.3 Å². The van der Waals surface area contributed by atoms with Gasteiger partial charge in [-0.25, -0.2) is 0 Å². The highest BCUT2D eigenvalue weighted by molar-refractivity contribution is 8.00. The van der Waals surface area contributed by atoms with Crippen LogP contribution in [0.15, 0.2) is 18.2 Å². The van der Waals surface area contributed by atoms with Crippen LogP contribution in [-0.2, 0) is 0 Å². The molecule has 5 heteroatoms. The van der Waals surface area contributed by atoms with E-state index in [-0.39, 0.29) is 5.25 Å². The molecule has 2 atom stereocenters. The van der Waals surface area contributed by atoms with E-state index in [2.05, 4.69) is 18.3 Å². The number of thioether (sulfide) groups is 1. The summed E-state index contributed by atoms with van der Waals surface area (Å²) in [6.07, 6.45) is 1.86. The number of anilines is 1. The lowest BCUT2D eigenvalue weighted by Crippen LogP contribution is -2.54. The fraction of sp³-hybridized carbons (Fsp3) is 0.500. The minimum atomic E-state index is -0.671. The van der Waals surface area contributed by atoms with Gasteiger partial charge in [-0.3, -0.25) is 0 Å². The molecule has 1 aliphatic rings. The van der Waals surface area contributed by atoms with Crippen LogP contribution < -0.4 is 5.32 Å². The fourth-order valence-electron chi connectivity index (χ4n) is 2.25. The lowest BCUT2D eigenvalue weighted by Gasteiger charge is -2.45. The van der Waals surface area contributed by atoms with Crippen molar-refractivity contribution in [1.82, 2.24) is 0 Å². The van der Waals surface area contributed by atoms with Gasteiger partial charge in [0, 0.05) is 16.8 Å². The van der Waals surface area contributed by atoms with E-state index in [0.29, 0.717) is 22.8 Å². The van der Waals surface area contributed by atoms with Crippen LogP contribution in [0.2, 0.25) is 5.02 Å². The van der Waals surface area contributed by atoms with Gasteiger partial charge in [-0.15, -0.1) is 0 Å². The van der Waals surface area contributed by atoms with Crippen molar-refractivity contribution in [3.8, 4) is 6.07 Å². The van der Waals surface area contributed by atoms with Gasteiger partial charge < -0.3 is 10.4 Å². The van der Waals surface area contributed by atoms with Crippen LogP contribution >= 0.6 is 23.4 Å². The SMILES string of the molecule is CCSC1CCC1(O)CNc1cc(Cl)ccc1C#N. The van der Waals surface area contributed by atoms with Crippen molar-refractivity contribution in [3.63, 3.8) is 0 Å². The van der Waals surface area contributed by atoms with Gasteiger partial charge in [0.1, 0.15) is 6.07 Å². The molecule has 1 aromatic carbocycles. The molecule has 0 spiro atoms. The third-order valence-corrected chi connectivity index (χ3v) is 5.14. The van der Waals surface area contributed by atoms with Crippen molar-refractivity contribution >= 4 is 29.1 Å². The maximum atomic E-state index is 10.5. The van der Waals surface area contributed by atoms with E-state index in [1.807, 2.05) is 0 Å². The molecular formula is C14H17ClN2OS. The first-order valence-electron chi connectivity index (χ1n) is 6.36. The molecule has 0 radical (unpaired) electrons. The summed E-state index contributed by atoms with van der Waals surface area (Å²) in [7, 11) is 0. The second kappa shape index (κ2) is 6.04. The van der Waals surface area contributed by atoms with E-state index in [0.717, 1.165) is 18.6 Å². The first kappa shape index (κ1) is 14.5. The molecular weight excluding hydrogens is 280 g/mol. The maximum Gasteiger partial charge on any atom is 0.101 e. The lowest BCUT2D eigenvalue weighted by atomic mass is 9.79. The predicted octanol–water partition coefficient (Wildman–Crippen LogP) is 3.27. The summed E-state index contributed by atoms with van der Waals surface area (Å²) >= 11 is 7.73. The molecule has 1 fully saturated rings. The highest BCUT2D eigenvalue weighted by atomic mass is 35.5. The number of nitrogens with zero attached hydrogens (tertiary/aromatic N) is 1. The summed E-state index contributed by atoms with van der Waals surface area (Å²) in [4.78, 5) is 0. The zero-order valence-corrected chi connectivity index (χ0v) is 12.4. The van der Waals surface area contributed by atoms with Gasteiger partial charge in [0.2, 0.25) is 0 Å². The van der Waals surface area contributed by atoms with Gasteiger partial charge in [-0.05, 0) is 36.8 Å². The minimum absolute atomic E-state index is 0.287. The molecule has 2 N–H and O–H groups in total. The molecule has 1 saturated carbocycles. The van der Waals surface area contributed by atoms with Crippen molar-refractivity contribution in [1.29, 1.82) is 5.26 Å². The zero-order valence-electron chi connectivity index (χ0n) is 10.8. The smallest absolute Gasteiger partial charge is 0.101 e. The van der Waals surface area contributed by atoms with Crippen molar-refractivity contribution in [2.24, 2.45) is 0 Å². The molecule has 0 amide bonds. The Labute approximate surface area is 123 Å². The molecule has 0 aliphatic heterocycles. The Morgan fingerprint density at radius 3 is 3.00 bits per heavy atom. The van der Waals surface area contributed by atoms with E-state index in [1.54, 1.807) is 30.0 Å². The van der Waals surface area contributed by atoms with E-state index in [1.165, 1.54) is 0 Å². The third kappa shape index (κ3) is 3.17. The molecule has 1 aromatic rings.